The van der Waals surface area contributed by atoms with Gasteiger partial charge in [0.25, 0.3) is 0 Å². The molecule has 0 bridgehead atoms. The number of rotatable bonds is 4. The minimum atomic E-state index is 1.03. The zero-order chi connectivity index (χ0) is 17.1. The molecular formula is C21H30N2. The predicted molar refractivity (Wildman–Crippen MR) is 103 cm³/mol. The fourth-order valence-electron chi connectivity index (χ4n) is 2.34. The first-order valence-corrected chi connectivity index (χ1v) is 8.91. The lowest BCUT2D eigenvalue weighted by Crippen LogP contribution is -1.86. The Labute approximate surface area is 141 Å². The molecule has 0 spiro atoms. The van der Waals surface area contributed by atoms with Crippen molar-refractivity contribution < 1.29 is 0 Å². The average Bonchev–Trinajstić information content (AvgIpc) is 3.06. The number of aryl methyl sites for hydroxylation is 1. The Hall–Kier alpha value is -2.09. The topological polar surface area (TPSA) is 28.7 Å². The Morgan fingerprint density at radius 2 is 1.57 bits per heavy atom. The van der Waals surface area contributed by atoms with Gasteiger partial charge in [0.1, 0.15) is 5.82 Å². The Morgan fingerprint density at radius 1 is 0.870 bits per heavy atom. The summed E-state index contributed by atoms with van der Waals surface area (Å²) >= 11 is 0. The maximum absolute atomic E-state index is 4.63. The minimum absolute atomic E-state index is 1.03. The van der Waals surface area contributed by atoms with Gasteiger partial charge in [0.2, 0.25) is 0 Å². The largest absolute Gasteiger partial charge is 0.342 e. The summed E-state index contributed by atoms with van der Waals surface area (Å²) in [5, 5.41) is 0. The quantitative estimate of drug-likeness (QED) is 0.576. The van der Waals surface area contributed by atoms with Crippen LogP contribution in [0, 0.1) is 0 Å². The summed E-state index contributed by atoms with van der Waals surface area (Å²) in [6.45, 7) is 10.2. The number of hydrogen-bond acceptors (Lipinski definition) is 1. The Morgan fingerprint density at radius 3 is 2.22 bits per heavy atom. The standard InChI is InChI=1S/C17H18N2.2C2H6/c1-2-3-9-17-18-15-11-10-14(12-16(15)19-17)13-7-5-4-6-8-13;2*1-2/h4-8,10-12H,2-3,9H2,1H3,(H,18,19);2*1-2H3. The zero-order valence-electron chi connectivity index (χ0n) is 15.2. The molecule has 0 amide bonds. The molecular weight excluding hydrogens is 280 g/mol. The monoisotopic (exact) mass is 310 g/mol. The number of fused-ring (bicyclic) bond motifs is 1. The van der Waals surface area contributed by atoms with Gasteiger partial charge in [-0.3, -0.25) is 0 Å². The molecule has 0 radical (unpaired) electrons. The van der Waals surface area contributed by atoms with E-state index < -0.39 is 0 Å². The molecule has 3 aromatic rings. The van der Waals surface area contributed by atoms with Crippen LogP contribution in [-0.2, 0) is 6.42 Å². The van der Waals surface area contributed by atoms with Crippen LogP contribution in [0.3, 0.4) is 0 Å². The summed E-state index contributed by atoms with van der Waals surface area (Å²) in [5.41, 5.74) is 4.67. The molecule has 0 saturated carbocycles. The van der Waals surface area contributed by atoms with Crippen LogP contribution >= 0.6 is 0 Å². The lowest BCUT2D eigenvalue weighted by molar-refractivity contribution is 0.765. The van der Waals surface area contributed by atoms with Gasteiger partial charge in [-0.2, -0.15) is 0 Å². The number of H-pyrrole nitrogens is 1. The van der Waals surface area contributed by atoms with Crippen LogP contribution in [-0.4, -0.2) is 9.97 Å². The molecule has 0 aliphatic heterocycles. The summed E-state index contributed by atoms with van der Waals surface area (Å²) in [7, 11) is 0. The second-order valence-electron chi connectivity index (χ2n) is 4.89. The predicted octanol–water partition coefficient (Wildman–Crippen LogP) is 6.62. The van der Waals surface area contributed by atoms with Gasteiger partial charge in [-0.05, 0) is 29.7 Å². The fraction of sp³-hybridized carbons (Fsp3) is 0.381. The number of nitrogens with zero attached hydrogens (tertiary/aromatic N) is 1. The summed E-state index contributed by atoms with van der Waals surface area (Å²) in [6, 6.07) is 16.9. The molecule has 0 unspecified atom stereocenters. The summed E-state index contributed by atoms with van der Waals surface area (Å²) < 4.78 is 0. The highest BCUT2D eigenvalue weighted by molar-refractivity contribution is 5.81. The number of aromatic nitrogens is 2. The van der Waals surface area contributed by atoms with Crippen molar-refractivity contribution in [1.82, 2.24) is 9.97 Å². The average molecular weight is 310 g/mol. The number of benzene rings is 2. The van der Waals surface area contributed by atoms with E-state index in [-0.39, 0.29) is 0 Å². The van der Waals surface area contributed by atoms with E-state index in [1.54, 1.807) is 0 Å². The normalized spacial score (nSPS) is 9.61. The SMILES string of the molecule is CC.CC.CCCCc1nc2ccc(-c3ccccc3)cc2[nH]1. The van der Waals surface area contributed by atoms with Gasteiger partial charge < -0.3 is 4.98 Å². The van der Waals surface area contributed by atoms with Gasteiger partial charge in [0.15, 0.2) is 0 Å². The Balaban J connectivity index is 0.000000615. The molecule has 3 rings (SSSR count). The molecule has 0 atom stereocenters. The van der Waals surface area contributed by atoms with Crippen molar-refractivity contribution in [2.24, 2.45) is 0 Å². The lowest BCUT2D eigenvalue weighted by Gasteiger charge is -2.00. The first-order chi connectivity index (χ1) is 11.4. The molecule has 2 heteroatoms. The molecule has 0 saturated heterocycles. The van der Waals surface area contributed by atoms with Gasteiger partial charge in [0.05, 0.1) is 11.0 Å². The highest BCUT2D eigenvalue weighted by atomic mass is 14.9. The molecule has 2 nitrogen and oxygen atoms in total. The molecule has 1 N–H and O–H groups in total. The van der Waals surface area contributed by atoms with Crippen molar-refractivity contribution >= 4 is 11.0 Å². The summed E-state index contributed by atoms with van der Waals surface area (Å²) in [5.74, 6) is 1.10. The molecule has 0 aliphatic rings. The number of imidazole rings is 1. The fourth-order valence-corrected chi connectivity index (χ4v) is 2.34. The van der Waals surface area contributed by atoms with Crippen molar-refractivity contribution in [3.63, 3.8) is 0 Å². The summed E-state index contributed by atoms with van der Waals surface area (Å²) in [4.78, 5) is 8.06. The van der Waals surface area contributed by atoms with Crippen molar-refractivity contribution in [3.05, 3.63) is 54.4 Å². The minimum Gasteiger partial charge on any atom is -0.342 e. The number of aromatic amines is 1. The van der Waals surface area contributed by atoms with Crippen LogP contribution in [0.1, 0.15) is 53.3 Å². The smallest absolute Gasteiger partial charge is 0.107 e. The molecule has 124 valence electrons. The van der Waals surface area contributed by atoms with E-state index >= 15 is 0 Å². The van der Waals surface area contributed by atoms with Gasteiger partial charge in [0, 0.05) is 6.42 Å². The van der Waals surface area contributed by atoms with Gasteiger partial charge >= 0.3 is 0 Å². The third-order valence-electron chi connectivity index (χ3n) is 3.41. The van der Waals surface area contributed by atoms with Crippen molar-refractivity contribution in [1.29, 1.82) is 0 Å². The first-order valence-electron chi connectivity index (χ1n) is 8.91. The Bertz CT molecular complexity index is 669. The van der Waals surface area contributed by atoms with E-state index in [0.717, 1.165) is 23.3 Å². The van der Waals surface area contributed by atoms with Crippen LogP contribution in [0.15, 0.2) is 48.5 Å². The maximum Gasteiger partial charge on any atom is 0.107 e. The van der Waals surface area contributed by atoms with Crippen molar-refractivity contribution in [2.75, 3.05) is 0 Å². The first kappa shape index (κ1) is 19.0. The van der Waals surface area contributed by atoms with E-state index in [9.17, 15) is 0 Å². The highest BCUT2D eigenvalue weighted by Gasteiger charge is 2.04. The molecule has 1 heterocycles. The zero-order valence-corrected chi connectivity index (χ0v) is 15.2. The van der Waals surface area contributed by atoms with Crippen LogP contribution in [0.2, 0.25) is 0 Å². The van der Waals surface area contributed by atoms with Gasteiger partial charge in [-0.1, -0.05) is 77.4 Å². The van der Waals surface area contributed by atoms with Crippen LogP contribution in [0.4, 0.5) is 0 Å². The van der Waals surface area contributed by atoms with Crippen molar-refractivity contribution in [2.45, 2.75) is 53.9 Å². The van der Waals surface area contributed by atoms with Crippen LogP contribution in [0.25, 0.3) is 22.2 Å². The molecule has 0 aliphatic carbocycles. The second kappa shape index (κ2) is 10.6. The number of hydrogen-bond donors (Lipinski definition) is 1. The summed E-state index contributed by atoms with van der Waals surface area (Å²) in [6.07, 6.45) is 3.42. The second-order valence-corrected chi connectivity index (χ2v) is 4.89. The van der Waals surface area contributed by atoms with E-state index in [1.165, 1.54) is 24.0 Å². The molecule has 0 fully saturated rings. The maximum atomic E-state index is 4.63. The number of nitrogens with one attached hydrogen (secondary N) is 1. The van der Waals surface area contributed by atoms with Gasteiger partial charge in [-0.25, -0.2) is 4.98 Å². The van der Waals surface area contributed by atoms with E-state index in [1.807, 2.05) is 33.8 Å². The third-order valence-corrected chi connectivity index (χ3v) is 3.41. The van der Waals surface area contributed by atoms with Gasteiger partial charge in [-0.15, -0.1) is 0 Å². The molecule has 1 aromatic heterocycles. The van der Waals surface area contributed by atoms with E-state index in [0.29, 0.717) is 0 Å². The van der Waals surface area contributed by atoms with E-state index in [4.69, 9.17) is 0 Å². The van der Waals surface area contributed by atoms with E-state index in [2.05, 4.69) is 59.4 Å². The molecule has 23 heavy (non-hydrogen) atoms. The van der Waals surface area contributed by atoms with Crippen molar-refractivity contribution in [3.8, 4) is 11.1 Å². The molecule has 2 aromatic carbocycles. The lowest BCUT2D eigenvalue weighted by atomic mass is 10.1. The van der Waals surface area contributed by atoms with Crippen LogP contribution < -0.4 is 0 Å². The Kier molecular flexibility index (Phi) is 8.74. The van der Waals surface area contributed by atoms with Crippen LogP contribution in [0.5, 0.6) is 0 Å². The highest BCUT2D eigenvalue weighted by Crippen LogP contribution is 2.23. The number of unbranched alkanes of at least 4 members (excludes halogenated alkanes) is 1. The third kappa shape index (κ3) is 5.24.